The molecule has 1 unspecified atom stereocenters. The van der Waals surface area contributed by atoms with E-state index in [-0.39, 0.29) is 17.7 Å². The number of likely N-dealkylation sites (tertiary alicyclic amines) is 1. The van der Waals surface area contributed by atoms with Crippen LogP contribution in [0.4, 0.5) is 5.69 Å². The van der Waals surface area contributed by atoms with Gasteiger partial charge in [0.05, 0.1) is 11.6 Å². The summed E-state index contributed by atoms with van der Waals surface area (Å²) in [6.07, 6.45) is 1.23. The van der Waals surface area contributed by atoms with Gasteiger partial charge in [0.15, 0.2) is 0 Å². The summed E-state index contributed by atoms with van der Waals surface area (Å²) in [5.74, 6) is -0.278. The van der Waals surface area contributed by atoms with Crippen molar-refractivity contribution in [2.24, 2.45) is 5.92 Å². The van der Waals surface area contributed by atoms with Gasteiger partial charge in [-0.25, -0.2) is 0 Å². The monoisotopic (exact) mass is 381 g/mol. The molecule has 1 aliphatic rings. The summed E-state index contributed by atoms with van der Waals surface area (Å²) in [6, 6.07) is 5.79. The molecule has 126 valence electrons. The van der Waals surface area contributed by atoms with Crippen LogP contribution in [0.15, 0.2) is 22.7 Å². The summed E-state index contributed by atoms with van der Waals surface area (Å²) in [4.78, 5) is 28.4. The van der Waals surface area contributed by atoms with E-state index in [1.165, 1.54) is 0 Å². The van der Waals surface area contributed by atoms with E-state index in [0.717, 1.165) is 35.2 Å². The summed E-state index contributed by atoms with van der Waals surface area (Å²) in [5, 5.41) is 2.92. The standard InChI is InChI=1S/C17H24BrN3O2/c1-12-5-6-15(14(18)9-12)19-17(23)13-10-16(22)21(11-13)8-4-7-20(2)3/h5-6,9,13H,4,7-8,10-11H2,1-3H3,(H,19,23). The lowest BCUT2D eigenvalue weighted by Crippen LogP contribution is -2.30. The number of halogens is 1. The molecule has 1 aromatic carbocycles. The van der Waals surface area contributed by atoms with Crippen LogP contribution in [0.1, 0.15) is 18.4 Å². The Kier molecular flexibility index (Phi) is 6.18. The maximum Gasteiger partial charge on any atom is 0.229 e. The third-order valence-corrected chi connectivity index (χ3v) is 4.66. The van der Waals surface area contributed by atoms with Crippen LogP contribution in [0.3, 0.4) is 0 Å². The van der Waals surface area contributed by atoms with E-state index in [0.29, 0.717) is 13.0 Å². The third-order valence-electron chi connectivity index (χ3n) is 4.00. The molecule has 1 N–H and O–H groups in total. The number of hydrogen-bond donors (Lipinski definition) is 1. The molecule has 1 saturated heterocycles. The van der Waals surface area contributed by atoms with Crippen molar-refractivity contribution in [3.8, 4) is 0 Å². The molecule has 23 heavy (non-hydrogen) atoms. The maximum atomic E-state index is 12.4. The van der Waals surface area contributed by atoms with E-state index in [4.69, 9.17) is 0 Å². The molecule has 6 heteroatoms. The van der Waals surface area contributed by atoms with Gasteiger partial charge >= 0.3 is 0 Å². The van der Waals surface area contributed by atoms with Gasteiger partial charge in [-0.05, 0) is 67.6 Å². The van der Waals surface area contributed by atoms with Crippen molar-refractivity contribution >= 4 is 33.4 Å². The lowest BCUT2D eigenvalue weighted by atomic mass is 10.1. The number of aryl methyl sites for hydroxylation is 1. The van der Waals surface area contributed by atoms with Gasteiger partial charge < -0.3 is 15.1 Å². The van der Waals surface area contributed by atoms with Crippen LogP contribution in [-0.4, -0.2) is 55.3 Å². The van der Waals surface area contributed by atoms with Gasteiger partial charge in [0.2, 0.25) is 11.8 Å². The number of nitrogens with zero attached hydrogens (tertiary/aromatic N) is 2. The Morgan fingerprint density at radius 3 is 2.83 bits per heavy atom. The summed E-state index contributed by atoms with van der Waals surface area (Å²) in [7, 11) is 4.03. The van der Waals surface area contributed by atoms with Crippen molar-refractivity contribution in [1.82, 2.24) is 9.80 Å². The quantitative estimate of drug-likeness (QED) is 0.823. The number of carbonyl (C=O) groups is 2. The highest BCUT2D eigenvalue weighted by atomic mass is 79.9. The number of benzene rings is 1. The zero-order valence-electron chi connectivity index (χ0n) is 13.9. The van der Waals surface area contributed by atoms with Gasteiger partial charge in [-0.1, -0.05) is 6.07 Å². The molecule has 0 saturated carbocycles. The number of nitrogens with one attached hydrogen (secondary N) is 1. The molecular weight excluding hydrogens is 358 g/mol. The predicted molar refractivity (Wildman–Crippen MR) is 95.4 cm³/mol. The van der Waals surface area contributed by atoms with Crippen LogP contribution in [0, 0.1) is 12.8 Å². The van der Waals surface area contributed by atoms with Crippen molar-refractivity contribution in [2.45, 2.75) is 19.8 Å². The fraction of sp³-hybridized carbons (Fsp3) is 0.529. The first-order valence-electron chi connectivity index (χ1n) is 7.86. The van der Waals surface area contributed by atoms with Gasteiger partial charge in [-0.3, -0.25) is 9.59 Å². The Morgan fingerprint density at radius 1 is 1.43 bits per heavy atom. The molecular formula is C17H24BrN3O2. The highest BCUT2D eigenvalue weighted by molar-refractivity contribution is 9.10. The van der Waals surface area contributed by atoms with Crippen molar-refractivity contribution in [2.75, 3.05) is 39.0 Å². The van der Waals surface area contributed by atoms with Crippen LogP contribution in [-0.2, 0) is 9.59 Å². The Hall–Kier alpha value is -1.40. The minimum Gasteiger partial charge on any atom is -0.342 e. The number of amides is 2. The van der Waals surface area contributed by atoms with E-state index < -0.39 is 0 Å². The van der Waals surface area contributed by atoms with Gasteiger partial charge in [0.25, 0.3) is 0 Å². The molecule has 2 amide bonds. The summed E-state index contributed by atoms with van der Waals surface area (Å²) in [5.41, 5.74) is 1.87. The Morgan fingerprint density at radius 2 is 2.17 bits per heavy atom. The molecule has 1 atom stereocenters. The first kappa shape index (κ1) is 17.9. The number of anilines is 1. The minimum absolute atomic E-state index is 0.0758. The normalized spacial score (nSPS) is 17.9. The van der Waals surface area contributed by atoms with Crippen LogP contribution in [0.25, 0.3) is 0 Å². The van der Waals surface area contributed by atoms with E-state index in [1.54, 1.807) is 4.90 Å². The molecule has 0 bridgehead atoms. The first-order valence-corrected chi connectivity index (χ1v) is 8.65. The number of carbonyl (C=O) groups excluding carboxylic acids is 2. The molecule has 0 aliphatic carbocycles. The minimum atomic E-state index is -0.268. The van der Waals surface area contributed by atoms with Crippen molar-refractivity contribution in [3.63, 3.8) is 0 Å². The molecule has 1 aliphatic heterocycles. The molecule has 1 fully saturated rings. The molecule has 1 aromatic rings. The third kappa shape index (κ3) is 5.04. The van der Waals surface area contributed by atoms with E-state index in [9.17, 15) is 9.59 Å². The largest absolute Gasteiger partial charge is 0.342 e. The molecule has 0 radical (unpaired) electrons. The topological polar surface area (TPSA) is 52.7 Å². The van der Waals surface area contributed by atoms with E-state index in [1.807, 2.05) is 39.2 Å². The average molecular weight is 382 g/mol. The van der Waals surface area contributed by atoms with Crippen LogP contribution < -0.4 is 5.32 Å². The molecule has 1 heterocycles. The van der Waals surface area contributed by atoms with Crippen LogP contribution in [0.2, 0.25) is 0 Å². The zero-order valence-corrected chi connectivity index (χ0v) is 15.5. The van der Waals surface area contributed by atoms with Crippen LogP contribution in [0.5, 0.6) is 0 Å². The Balaban J connectivity index is 1.89. The van der Waals surface area contributed by atoms with E-state index in [2.05, 4.69) is 26.1 Å². The molecule has 0 aromatic heterocycles. The Labute approximate surface area is 146 Å². The zero-order chi connectivity index (χ0) is 17.0. The van der Waals surface area contributed by atoms with E-state index >= 15 is 0 Å². The van der Waals surface area contributed by atoms with Crippen LogP contribution >= 0.6 is 15.9 Å². The predicted octanol–water partition coefficient (Wildman–Crippen LogP) is 2.50. The molecule has 5 nitrogen and oxygen atoms in total. The summed E-state index contributed by atoms with van der Waals surface area (Å²) < 4.78 is 0.859. The molecule has 2 rings (SSSR count). The molecule has 0 spiro atoms. The number of rotatable bonds is 6. The van der Waals surface area contributed by atoms with Gasteiger partial charge in [0, 0.05) is 24.0 Å². The maximum absolute atomic E-state index is 12.4. The smallest absolute Gasteiger partial charge is 0.229 e. The first-order chi connectivity index (χ1) is 10.9. The second-order valence-corrected chi connectivity index (χ2v) is 7.22. The van der Waals surface area contributed by atoms with Gasteiger partial charge in [-0.15, -0.1) is 0 Å². The van der Waals surface area contributed by atoms with Crippen molar-refractivity contribution < 1.29 is 9.59 Å². The SMILES string of the molecule is Cc1ccc(NC(=O)C2CC(=O)N(CCCN(C)C)C2)c(Br)c1. The fourth-order valence-electron chi connectivity index (χ4n) is 2.70. The highest BCUT2D eigenvalue weighted by Gasteiger charge is 2.34. The second kappa shape index (κ2) is 7.93. The van der Waals surface area contributed by atoms with Gasteiger partial charge in [0.1, 0.15) is 0 Å². The summed E-state index contributed by atoms with van der Waals surface area (Å²) in [6.45, 7) is 4.17. The average Bonchev–Trinajstić information content (AvgIpc) is 2.83. The van der Waals surface area contributed by atoms with Crippen molar-refractivity contribution in [3.05, 3.63) is 28.2 Å². The van der Waals surface area contributed by atoms with Crippen molar-refractivity contribution in [1.29, 1.82) is 0 Å². The fourth-order valence-corrected chi connectivity index (χ4v) is 3.29. The number of hydrogen-bond acceptors (Lipinski definition) is 3. The Bertz CT molecular complexity index is 589. The lowest BCUT2D eigenvalue weighted by Gasteiger charge is -2.18. The lowest BCUT2D eigenvalue weighted by molar-refractivity contribution is -0.128. The second-order valence-electron chi connectivity index (χ2n) is 6.37. The van der Waals surface area contributed by atoms with Gasteiger partial charge in [-0.2, -0.15) is 0 Å². The highest BCUT2D eigenvalue weighted by Crippen LogP contribution is 2.25. The summed E-state index contributed by atoms with van der Waals surface area (Å²) >= 11 is 3.46.